The topological polar surface area (TPSA) is 16.4 Å². The Balaban J connectivity index is 1.07. The lowest BCUT2D eigenvalue weighted by Gasteiger charge is -2.34. The fourth-order valence-electron chi connectivity index (χ4n) is 11.0. The zero-order valence-electron chi connectivity index (χ0n) is 36.7. The summed E-state index contributed by atoms with van der Waals surface area (Å²) in [5.74, 6) is 0. The van der Waals surface area contributed by atoms with E-state index in [1.807, 2.05) is 0 Å². The van der Waals surface area contributed by atoms with Crippen LogP contribution in [-0.2, 0) is 5.41 Å². The van der Waals surface area contributed by atoms with Gasteiger partial charge in [-0.15, -0.1) is 0 Å². The number of hydrogen-bond donors (Lipinski definition) is 0. The van der Waals surface area contributed by atoms with Gasteiger partial charge in [-0.1, -0.05) is 212 Å². The van der Waals surface area contributed by atoms with Crippen LogP contribution in [0, 0.1) is 0 Å². The van der Waals surface area contributed by atoms with Crippen LogP contribution < -0.4 is 4.90 Å². The fraction of sp³-hybridized carbons (Fsp3) is 0.0154. The molecule has 1 aromatic heterocycles. The van der Waals surface area contributed by atoms with Crippen LogP contribution in [0.1, 0.15) is 22.3 Å². The van der Waals surface area contributed by atoms with E-state index in [9.17, 15) is 0 Å². The third-order valence-electron chi connectivity index (χ3n) is 13.9. The summed E-state index contributed by atoms with van der Waals surface area (Å²) in [6.07, 6.45) is 0. The van der Waals surface area contributed by atoms with Gasteiger partial charge in [-0.2, -0.15) is 0 Å². The number of hydrogen-bond acceptors (Lipinski definition) is 2. The first-order valence-corrected chi connectivity index (χ1v) is 23.1. The van der Waals surface area contributed by atoms with Crippen molar-refractivity contribution in [3.05, 3.63) is 283 Å². The molecular weight excluding hydrogens is 811 g/mol. The zero-order chi connectivity index (χ0) is 44.3. The van der Waals surface area contributed by atoms with Crippen LogP contribution >= 0.6 is 0 Å². The van der Waals surface area contributed by atoms with Crippen molar-refractivity contribution in [3.63, 3.8) is 0 Å². The number of nitrogens with zero attached hydrogens (tertiary/aromatic N) is 1. The van der Waals surface area contributed by atoms with Gasteiger partial charge in [0.25, 0.3) is 0 Å². The molecule has 1 aliphatic carbocycles. The van der Waals surface area contributed by atoms with E-state index >= 15 is 0 Å². The fourth-order valence-corrected chi connectivity index (χ4v) is 11.0. The smallest absolute Gasteiger partial charge is 0.136 e. The first-order chi connectivity index (χ1) is 33.2. The van der Waals surface area contributed by atoms with Gasteiger partial charge in [-0.3, -0.25) is 0 Å². The zero-order valence-corrected chi connectivity index (χ0v) is 36.7. The molecule has 0 unspecified atom stereocenters. The van der Waals surface area contributed by atoms with Crippen LogP contribution in [0.4, 0.5) is 17.1 Å². The lowest BCUT2D eigenvalue weighted by atomic mass is 9.68. The van der Waals surface area contributed by atoms with Gasteiger partial charge in [0.1, 0.15) is 11.2 Å². The molecule has 2 heteroatoms. The standard InChI is InChI=1S/C65H43NO/c1-4-19-44(20-5-1)46-23-16-24-47(41-46)45-37-39-52(40-38-45)66(59-34-15-13-29-53(59)54-31-17-36-61-63(54)56-42-48-21-10-11-22-49(48)43-62(56)67-61)60-35-18-33-58-64(60)55-30-12-14-32-57(55)65(58,50-25-6-2-7-26-50)51-27-8-3-9-28-51/h1-43H. The molecule has 2 nitrogen and oxygen atoms in total. The van der Waals surface area contributed by atoms with Crippen molar-refractivity contribution < 1.29 is 4.42 Å². The maximum Gasteiger partial charge on any atom is 0.136 e. The monoisotopic (exact) mass is 853 g/mol. The summed E-state index contributed by atoms with van der Waals surface area (Å²) in [5, 5.41) is 4.58. The second-order valence-electron chi connectivity index (χ2n) is 17.5. The molecule has 0 saturated carbocycles. The van der Waals surface area contributed by atoms with Gasteiger partial charge in [0, 0.05) is 27.6 Å². The van der Waals surface area contributed by atoms with E-state index in [4.69, 9.17) is 4.42 Å². The van der Waals surface area contributed by atoms with Gasteiger partial charge in [-0.05, 0) is 115 Å². The van der Waals surface area contributed by atoms with Crippen molar-refractivity contribution in [1.29, 1.82) is 0 Å². The number of anilines is 3. The van der Waals surface area contributed by atoms with Crippen molar-refractivity contribution >= 4 is 49.8 Å². The van der Waals surface area contributed by atoms with E-state index in [0.29, 0.717) is 0 Å². The molecule has 0 N–H and O–H groups in total. The maximum atomic E-state index is 6.68. The third-order valence-corrected chi connectivity index (χ3v) is 13.9. The van der Waals surface area contributed by atoms with Crippen molar-refractivity contribution in [2.24, 2.45) is 0 Å². The van der Waals surface area contributed by atoms with E-state index in [-0.39, 0.29) is 0 Å². The Kier molecular flexibility index (Phi) is 9.11. The van der Waals surface area contributed by atoms with E-state index in [2.05, 4.69) is 266 Å². The molecule has 11 aromatic carbocycles. The van der Waals surface area contributed by atoms with Crippen molar-refractivity contribution in [2.75, 3.05) is 4.90 Å². The number of furan rings is 1. The molecular formula is C65H43NO. The normalized spacial score (nSPS) is 12.6. The molecule has 0 radical (unpaired) electrons. The van der Waals surface area contributed by atoms with Crippen molar-refractivity contribution in [2.45, 2.75) is 5.41 Å². The summed E-state index contributed by atoms with van der Waals surface area (Å²) < 4.78 is 6.68. The molecule has 0 spiro atoms. The SMILES string of the molecule is c1ccc(-c2cccc(-c3ccc(N(c4ccccc4-c4cccc5oc6cc7ccccc7cc6c45)c4cccc5c4-c4ccccc4C5(c4ccccc4)c4ccccc4)cc3)c2)cc1. The predicted molar refractivity (Wildman–Crippen MR) is 280 cm³/mol. The van der Waals surface area contributed by atoms with Crippen molar-refractivity contribution in [3.8, 4) is 44.5 Å². The van der Waals surface area contributed by atoms with Crippen molar-refractivity contribution in [1.82, 2.24) is 0 Å². The number of para-hydroxylation sites is 1. The average Bonchev–Trinajstić information content (AvgIpc) is 3.93. The average molecular weight is 854 g/mol. The number of rotatable bonds is 8. The minimum absolute atomic E-state index is 0.548. The van der Waals surface area contributed by atoms with Gasteiger partial charge in [0.05, 0.1) is 16.8 Å². The molecule has 0 fully saturated rings. The molecule has 0 saturated heterocycles. The van der Waals surface area contributed by atoms with E-state index in [1.165, 1.54) is 55.5 Å². The van der Waals surface area contributed by atoms with Gasteiger partial charge >= 0.3 is 0 Å². The summed E-state index contributed by atoms with van der Waals surface area (Å²) in [6, 6.07) is 95.1. The highest BCUT2D eigenvalue weighted by Gasteiger charge is 2.47. The lowest BCUT2D eigenvalue weighted by molar-refractivity contribution is 0.669. The molecule has 0 amide bonds. The Morgan fingerprint density at radius 2 is 0.851 bits per heavy atom. The summed E-state index contributed by atoms with van der Waals surface area (Å²) in [6.45, 7) is 0. The van der Waals surface area contributed by atoms with E-state index in [1.54, 1.807) is 0 Å². The second-order valence-corrected chi connectivity index (χ2v) is 17.5. The van der Waals surface area contributed by atoms with Crippen LogP contribution in [0.25, 0.3) is 77.2 Å². The number of fused-ring (bicyclic) bond motifs is 7. The van der Waals surface area contributed by atoms with Gasteiger partial charge in [-0.25, -0.2) is 0 Å². The summed E-state index contributed by atoms with van der Waals surface area (Å²) in [7, 11) is 0. The quantitative estimate of drug-likeness (QED) is 0.151. The van der Waals surface area contributed by atoms with Gasteiger partial charge < -0.3 is 9.32 Å². The largest absolute Gasteiger partial charge is 0.456 e. The molecule has 314 valence electrons. The second kappa shape index (κ2) is 15.8. The molecule has 13 rings (SSSR count). The highest BCUT2D eigenvalue weighted by atomic mass is 16.3. The summed E-state index contributed by atoms with van der Waals surface area (Å²) >= 11 is 0. The van der Waals surface area contributed by atoms with Gasteiger partial charge in [0.15, 0.2) is 0 Å². The van der Waals surface area contributed by atoms with Crippen LogP contribution in [0.3, 0.4) is 0 Å². The molecule has 1 heterocycles. The molecule has 0 aliphatic heterocycles. The Bertz CT molecular complexity index is 3760. The number of benzene rings is 11. The van der Waals surface area contributed by atoms with E-state index in [0.717, 1.165) is 61.1 Å². The first-order valence-electron chi connectivity index (χ1n) is 23.1. The Morgan fingerprint density at radius 3 is 1.58 bits per heavy atom. The Morgan fingerprint density at radius 1 is 0.328 bits per heavy atom. The Labute approximate surface area is 390 Å². The highest BCUT2D eigenvalue weighted by Crippen LogP contribution is 2.60. The third kappa shape index (κ3) is 6.18. The Hall–Kier alpha value is -8.72. The minimum Gasteiger partial charge on any atom is -0.456 e. The highest BCUT2D eigenvalue weighted by molar-refractivity contribution is 6.17. The van der Waals surface area contributed by atoms with Gasteiger partial charge in [0.2, 0.25) is 0 Å². The molecule has 67 heavy (non-hydrogen) atoms. The van der Waals surface area contributed by atoms with Crippen LogP contribution in [0.5, 0.6) is 0 Å². The summed E-state index contributed by atoms with van der Waals surface area (Å²) in [5.41, 5.74) is 18.9. The molecule has 0 bridgehead atoms. The summed E-state index contributed by atoms with van der Waals surface area (Å²) in [4.78, 5) is 2.50. The molecule has 12 aromatic rings. The van der Waals surface area contributed by atoms with E-state index < -0.39 is 5.41 Å². The van der Waals surface area contributed by atoms with Crippen LogP contribution in [0.2, 0.25) is 0 Å². The first kappa shape index (κ1) is 38.7. The van der Waals surface area contributed by atoms with Crippen LogP contribution in [-0.4, -0.2) is 0 Å². The maximum absolute atomic E-state index is 6.68. The van der Waals surface area contributed by atoms with Crippen LogP contribution in [0.15, 0.2) is 265 Å². The lowest BCUT2D eigenvalue weighted by Crippen LogP contribution is -2.28. The predicted octanol–water partition coefficient (Wildman–Crippen LogP) is 17.6. The molecule has 0 atom stereocenters. The minimum atomic E-state index is -0.548. The molecule has 1 aliphatic rings.